The number of hydrogen-bond acceptors (Lipinski definition) is 3. The summed E-state index contributed by atoms with van der Waals surface area (Å²) in [6, 6.07) is 14.7. The minimum absolute atomic E-state index is 0.0958. The smallest absolute Gasteiger partial charge is 0.257 e. The Kier molecular flexibility index (Phi) is 5.71. The van der Waals surface area contributed by atoms with Crippen molar-refractivity contribution >= 4 is 28.9 Å². The predicted octanol–water partition coefficient (Wildman–Crippen LogP) is 3.91. The Hall–Kier alpha value is -2.40. The second-order valence-electron chi connectivity index (χ2n) is 5.47. The Morgan fingerprint density at radius 2 is 1.83 bits per heavy atom. The Morgan fingerprint density at radius 1 is 1.13 bits per heavy atom. The van der Waals surface area contributed by atoms with E-state index in [0.717, 1.165) is 17.0 Å². The molecule has 0 heterocycles. The fraction of sp³-hybridized carbons (Fsp3) is 0.222. The first-order valence-electron chi connectivity index (χ1n) is 7.40. The molecular formula is C18H20N2O2S. The van der Waals surface area contributed by atoms with Crippen LogP contribution >= 0.6 is 12.2 Å². The summed E-state index contributed by atoms with van der Waals surface area (Å²) in [5.74, 6) is 0.509. The third-order valence-electron chi connectivity index (χ3n) is 3.00. The Bertz CT molecular complexity index is 696. The molecule has 2 aromatic carbocycles. The maximum Gasteiger partial charge on any atom is 0.257 e. The molecule has 1 amide bonds. The van der Waals surface area contributed by atoms with Crippen molar-refractivity contribution in [2.75, 3.05) is 5.32 Å². The Morgan fingerprint density at radius 3 is 2.48 bits per heavy atom. The maximum atomic E-state index is 12.1. The number of nitrogens with one attached hydrogen (secondary N) is 2. The van der Waals surface area contributed by atoms with Crippen LogP contribution in [0, 0.1) is 6.92 Å². The molecule has 0 radical (unpaired) electrons. The SMILES string of the molecule is Cc1ccc(C(=O)NC(=S)Nc2cccc(OC(C)C)c2)cc1. The predicted molar refractivity (Wildman–Crippen MR) is 97.1 cm³/mol. The normalized spacial score (nSPS) is 10.3. The highest BCUT2D eigenvalue weighted by atomic mass is 32.1. The van der Waals surface area contributed by atoms with E-state index >= 15 is 0 Å². The zero-order chi connectivity index (χ0) is 16.8. The number of carbonyl (C=O) groups is 1. The van der Waals surface area contributed by atoms with Crippen molar-refractivity contribution in [3.63, 3.8) is 0 Å². The minimum Gasteiger partial charge on any atom is -0.491 e. The lowest BCUT2D eigenvalue weighted by Crippen LogP contribution is -2.34. The van der Waals surface area contributed by atoms with Gasteiger partial charge < -0.3 is 10.1 Å². The average molecular weight is 328 g/mol. The van der Waals surface area contributed by atoms with E-state index < -0.39 is 0 Å². The van der Waals surface area contributed by atoms with E-state index in [1.807, 2.05) is 57.2 Å². The van der Waals surface area contributed by atoms with Gasteiger partial charge in [0.05, 0.1) is 6.10 Å². The molecule has 0 bridgehead atoms. The number of carbonyl (C=O) groups excluding carboxylic acids is 1. The maximum absolute atomic E-state index is 12.1. The van der Waals surface area contributed by atoms with E-state index in [9.17, 15) is 4.79 Å². The third kappa shape index (κ3) is 5.38. The van der Waals surface area contributed by atoms with Crippen LogP contribution in [-0.4, -0.2) is 17.1 Å². The first-order valence-corrected chi connectivity index (χ1v) is 7.80. The summed E-state index contributed by atoms with van der Waals surface area (Å²) in [6.07, 6.45) is 0.0958. The van der Waals surface area contributed by atoms with Gasteiger partial charge in [-0.2, -0.15) is 0 Å². The van der Waals surface area contributed by atoms with Gasteiger partial charge in [-0.3, -0.25) is 10.1 Å². The van der Waals surface area contributed by atoms with E-state index in [1.165, 1.54) is 0 Å². The molecular weight excluding hydrogens is 308 g/mol. The van der Waals surface area contributed by atoms with E-state index in [-0.39, 0.29) is 17.1 Å². The minimum atomic E-state index is -0.239. The molecule has 0 aliphatic heterocycles. The summed E-state index contributed by atoms with van der Waals surface area (Å²) in [5.41, 5.74) is 2.43. The molecule has 0 unspecified atom stereocenters. The largest absolute Gasteiger partial charge is 0.491 e. The van der Waals surface area contributed by atoms with E-state index in [0.29, 0.717) is 5.56 Å². The summed E-state index contributed by atoms with van der Waals surface area (Å²) in [6.45, 7) is 5.90. The fourth-order valence-electron chi connectivity index (χ4n) is 1.96. The lowest BCUT2D eigenvalue weighted by Gasteiger charge is -2.13. The van der Waals surface area contributed by atoms with Gasteiger partial charge in [0.25, 0.3) is 5.91 Å². The Labute approximate surface area is 141 Å². The molecule has 2 N–H and O–H groups in total. The molecule has 0 atom stereocenters. The van der Waals surface area contributed by atoms with Crippen LogP contribution in [0.3, 0.4) is 0 Å². The van der Waals surface area contributed by atoms with E-state index in [4.69, 9.17) is 17.0 Å². The van der Waals surface area contributed by atoms with Crippen LogP contribution in [0.25, 0.3) is 0 Å². The fourth-order valence-corrected chi connectivity index (χ4v) is 2.17. The van der Waals surface area contributed by atoms with E-state index in [1.54, 1.807) is 12.1 Å². The van der Waals surface area contributed by atoms with Crippen LogP contribution in [0.2, 0.25) is 0 Å². The van der Waals surface area contributed by atoms with Crippen LogP contribution in [0.5, 0.6) is 5.75 Å². The van der Waals surface area contributed by atoms with Crippen molar-refractivity contribution in [3.8, 4) is 5.75 Å². The van der Waals surface area contributed by atoms with Crippen LogP contribution in [-0.2, 0) is 0 Å². The molecule has 0 fully saturated rings. The van der Waals surface area contributed by atoms with Crippen LogP contribution in [0.4, 0.5) is 5.69 Å². The molecule has 0 saturated heterocycles. The van der Waals surface area contributed by atoms with Crippen LogP contribution < -0.4 is 15.4 Å². The third-order valence-corrected chi connectivity index (χ3v) is 3.21. The Balaban J connectivity index is 1.96. The molecule has 120 valence electrons. The van der Waals surface area contributed by atoms with Crippen molar-refractivity contribution in [2.24, 2.45) is 0 Å². The van der Waals surface area contributed by atoms with Crippen molar-refractivity contribution < 1.29 is 9.53 Å². The van der Waals surface area contributed by atoms with Crippen LogP contribution in [0.15, 0.2) is 48.5 Å². The average Bonchev–Trinajstić information content (AvgIpc) is 2.47. The topological polar surface area (TPSA) is 50.4 Å². The van der Waals surface area contributed by atoms with Gasteiger partial charge >= 0.3 is 0 Å². The number of aryl methyl sites for hydroxylation is 1. The molecule has 4 nitrogen and oxygen atoms in total. The molecule has 0 aliphatic rings. The molecule has 5 heteroatoms. The van der Waals surface area contributed by atoms with Gasteiger partial charge in [0, 0.05) is 17.3 Å². The number of ether oxygens (including phenoxy) is 1. The number of rotatable bonds is 4. The summed E-state index contributed by atoms with van der Waals surface area (Å²) in [5, 5.41) is 5.90. The van der Waals surface area contributed by atoms with Gasteiger partial charge in [-0.1, -0.05) is 23.8 Å². The molecule has 2 aromatic rings. The lowest BCUT2D eigenvalue weighted by molar-refractivity contribution is 0.0977. The molecule has 23 heavy (non-hydrogen) atoms. The molecule has 2 rings (SSSR count). The van der Waals surface area contributed by atoms with Crippen molar-refractivity contribution in [3.05, 3.63) is 59.7 Å². The quantitative estimate of drug-likeness (QED) is 0.836. The van der Waals surface area contributed by atoms with Gasteiger partial charge in [-0.05, 0) is 57.3 Å². The summed E-state index contributed by atoms with van der Waals surface area (Å²) in [4.78, 5) is 12.1. The molecule has 0 aliphatic carbocycles. The highest BCUT2D eigenvalue weighted by Gasteiger charge is 2.08. The number of amides is 1. The second-order valence-corrected chi connectivity index (χ2v) is 5.88. The first kappa shape index (κ1) is 17.0. The van der Waals surface area contributed by atoms with Crippen molar-refractivity contribution in [1.29, 1.82) is 0 Å². The molecule has 0 spiro atoms. The van der Waals surface area contributed by atoms with Crippen LogP contribution in [0.1, 0.15) is 29.8 Å². The summed E-state index contributed by atoms with van der Waals surface area (Å²) >= 11 is 5.19. The van der Waals surface area contributed by atoms with Gasteiger partial charge in [-0.25, -0.2) is 0 Å². The highest BCUT2D eigenvalue weighted by Crippen LogP contribution is 2.18. The number of benzene rings is 2. The van der Waals surface area contributed by atoms with E-state index in [2.05, 4.69) is 10.6 Å². The van der Waals surface area contributed by atoms with Gasteiger partial charge in [0.15, 0.2) is 5.11 Å². The standard InChI is InChI=1S/C18H20N2O2S/c1-12(2)22-16-6-4-5-15(11-16)19-18(23)20-17(21)14-9-7-13(3)8-10-14/h4-12H,1-3H3,(H2,19,20,21,23). The zero-order valence-corrected chi connectivity index (χ0v) is 14.2. The monoisotopic (exact) mass is 328 g/mol. The summed E-state index contributed by atoms with van der Waals surface area (Å²) in [7, 11) is 0. The van der Waals surface area contributed by atoms with Crippen molar-refractivity contribution in [2.45, 2.75) is 26.9 Å². The lowest BCUT2D eigenvalue weighted by atomic mass is 10.1. The summed E-state index contributed by atoms with van der Waals surface area (Å²) < 4.78 is 5.63. The van der Waals surface area contributed by atoms with Gasteiger partial charge in [-0.15, -0.1) is 0 Å². The number of anilines is 1. The second kappa shape index (κ2) is 7.74. The van der Waals surface area contributed by atoms with Crippen molar-refractivity contribution in [1.82, 2.24) is 5.32 Å². The zero-order valence-electron chi connectivity index (χ0n) is 13.4. The number of hydrogen-bond donors (Lipinski definition) is 2. The number of thiocarbonyl (C=S) groups is 1. The van der Waals surface area contributed by atoms with Gasteiger partial charge in [0.1, 0.15) is 5.75 Å². The van der Waals surface area contributed by atoms with Gasteiger partial charge in [0.2, 0.25) is 0 Å². The highest BCUT2D eigenvalue weighted by molar-refractivity contribution is 7.80. The molecule has 0 saturated carbocycles. The molecule has 0 aromatic heterocycles. The first-order chi connectivity index (χ1) is 10.9.